The number of aromatic nitrogens is 2. The minimum Gasteiger partial charge on any atom is -0.378 e. The molecule has 0 saturated heterocycles. The Morgan fingerprint density at radius 2 is 2.21 bits per heavy atom. The molecule has 4 nitrogen and oxygen atoms in total. The lowest BCUT2D eigenvalue weighted by Crippen LogP contribution is -2.45. The van der Waals surface area contributed by atoms with Gasteiger partial charge in [-0.05, 0) is 46.1 Å². The Labute approximate surface area is 120 Å². The molecule has 1 heterocycles. The van der Waals surface area contributed by atoms with Gasteiger partial charge in [0.1, 0.15) is 5.15 Å². The molecule has 108 valence electrons. The van der Waals surface area contributed by atoms with E-state index >= 15 is 0 Å². The second kappa shape index (κ2) is 5.81. The summed E-state index contributed by atoms with van der Waals surface area (Å²) in [5.41, 5.74) is 2.25. The van der Waals surface area contributed by atoms with Crippen molar-refractivity contribution in [2.45, 2.75) is 50.7 Å². The molecule has 1 unspecified atom stereocenters. The van der Waals surface area contributed by atoms with Crippen molar-refractivity contribution in [2.75, 3.05) is 14.2 Å². The monoisotopic (exact) mass is 285 g/mol. The first kappa shape index (κ1) is 14.8. The van der Waals surface area contributed by atoms with Gasteiger partial charge < -0.3 is 10.1 Å². The van der Waals surface area contributed by atoms with Crippen LogP contribution in [0.3, 0.4) is 0 Å². The van der Waals surface area contributed by atoms with Gasteiger partial charge in [-0.25, -0.2) is 0 Å². The smallest absolute Gasteiger partial charge is 0.130 e. The topological polar surface area (TPSA) is 39.1 Å². The highest BCUT2D eigenvalue weighted by atomic mass is 35.5. The van der Waals surface area contributed by atoms with E-state index in [0.29, 0.717) is 6.04 Å². The van der Waals surface area contributed by atoms with Gasteiger partial charge in [0.25, 0.3) is 0 Å². The first-order valence-electron chi connectivity index (χ1n) is 6.92. The van der Waals surface area contributed by atoms with E-state index in [9.17, 15) is 0 Å². The fourth-order valence-corrected chi connectivity index (χ4v) is 3.19. The van der Waals surface area contributed by atoms with Crippen LogP contribution in [0.4, 0.5) is 0 Å². The van der Waals surface area contributed by atoms with Crippen LogP contribution in [-0.2, 0) is 18.2 Å². The predicted molar refractivity (Wildman–Crippen MR) is 77.7 cm³/mol. The normalized spacial score (nSPS) is 19.2. The fourth-order valence-electron chi connectivity index (χ4n) is 2.94. The standard InChI is InChI=1S/C14H24ClN3O/c1-10-12(13(15)18(3)17-10)8-11(16-2)9-14(19-4)6-5-7-14/h11,16H,5-9H2,1-4H3. The minimum atomic E-state index is 0.0796. The van der Waals surface area contributed by atoms with Crippen molar-refractivity contribution in [3.8, 4) is 0 Å². The van der Waals surface area contributed by atoms with E-state index in [0.717, 1.165) is 29.3 Å². The van der Waals surface area contributed by atoms with Crippen molar-refractivity contribution in [2.24, 2.45) is 7.05 Å². The molecule has 0 amide bonds. The van der Waals surface area contributed by atoms with Crippen molar-refractivity contribution < 1.29 is 4.74 Å². The van der Waals surface area contributed by atoms with E-state index in [-0.39, 0.29) is 5.60 Å². The third-order valence-corrected chi connectivity index (χ3v) is 4.92. The average molecular weight is 286 g/mol. The Hall–Kier alpha value is -0.580. The molecule has 1 aliphatic carbocycles. The van der Waals surface area contributed by atoms with Gasteiger partial charge in [-0.2, -0.15) is 5.10 Å². The number of aryl methyl sites for hydroxylation is 2. The van der Waals surface area contributed by atoms with Crippen LogP contribution in [0, 0.1) is 6.92 Å². The molecule has 0 aromatic carbocycles. The van der Waals surface area contributed by atoms with Crippen LogP contribution in [0.25, 0.3) is 0 Å². The maximum atomic E-state index is 6.31. The quantitative estimate of drug-likeness (QED) is 0.873. The Bertz CT molecular complexity index is 435. The van der Waals surface area contributed by atoms with Crippen molar-refractivity contribution in [3.63, 3.8) is 0 Å². The molecule has 0 bridgehead atoms. The van der Waals surface area contributed by atoms with E-state index < -0.39 is 0 Å². The van der Waals surface area contributed by atoms with Crippen LogP contribution in [-0.4, -0.2) is 35.6 Å². The van der Waals surface area contributed by atoms with Gasteiger partial charge in [-0.1, -0.05) is 11.6 Å². The molecule has 1 aromatic rings. The molecule has 0 radical (unpaired) electrons. The Morgan fingerprint density at radius 3 is 2.58 bits per heavy atom. The lowest BCUT2D eigenvalue weighted by atomic mass is 9.75. The highest BCUT2D eigenvalue weighted by Gasteiger charge is 2.39. The van der Waals surface area contributed by atoms with Gasteiger partial charge in [0.2, 0.25) is 0 Å². The zero-order valence-electron chi connectivity index (χ0n) is 12.3. The third-order valence-electron chi connectivity index (χ3n) is 4.44. The molecule has 0 spiro atoms. The number of likely N-dealkylation sites (N-methyl/N-ethyl adjacent to an activating group) is 1. The predicted octanol–water partition coefficient (Wildman–Crippen LogP) is 2.47. The first-order chi connectivity index (χ1) is 9.01. The fraction of sp³-hybridized carbons (Fsp3) is 0.786. The number of hydrogen-bond donors (Lipinski definition) is 1. The van der Waals surface area contributed by atoms with Crippen LogP contribution in [0.15, 0.2) is 0 Å². The summed E-state index contributed by atoms with van der Waals surface area (Å²) in [5.74, 6) is 0. The third kappa shape index (κ3) is 2.96. The molecule has 1 N–H and O–H groups in total. The maximum absolute atomic E-state index is 6.31. The second-order valence-electron chi connectivity index (χ2n) is 5.61. The molecule has 1 saturated carbocycles. The van der Waals surface area contributed by atoms with Crippen LogP contribution in [0.5, 0.6) is 0 Å². The largest absolute Gasteiger partial charge is 0.378 e. The second-order valence-corrected chi connectivity index (χ2v) is 5.97. The SMILES string of the molecule is CNC(Cc1c(C)nn(C)c1Cl)CC1(OC)CCC1. The summed E-state index contributed by atoms with van der Waals surface area (Å²) < 4.78 is 7.46. The van der Waals surface area contributed by atoms with Crippen LogP contribution < -0.4 is 5.32 Å². The number of ether oxygens (including phenoxy) is 1. The van der Waals surface area contributed by atoms with Crippen molar-refractivity contribution in [3.05, 3.63) is 16.4 Å². The molecule has 19 heavy (non-hydrogen) atoms. The van der Waals surface area contributed by atoms with Crippen molar-refractivity contribution in [1.82, 2.24) is 15.1 Å². The van der Waals surface area contributed by atoms with E-state index in [1.54, 1.807) is 4.68 Å². The zero-order chi connectivity index (χ0) is 14.0. The van der Waals surface area contributed by atoms with E-state index in [2.05, 4.69) is 10.4 Å². The Balaban J connectivity index is 2.06. The van der Waals surface area contributed by atoms with Gasteiger partial charge in [0.15, 0.2) is 0 Å². The maximum Gasteiger partial charge on any atom is 0.130 e. The number of hydrogen-bond acceptors (Lipinski definition) is 3. The molecule has 1 aliphatic rings. The first-order valence-corrected chi connectivity index (χ1v) is 7.29. The zero-order valence-corrected chi connectivity index (χ0v) is 13.0. The summed E-state index contributed by atoms with van der Waals surface area (Å²) in [6, 6.07) is 0.376. The summed E-state index contributed by atoms with van der Waals surface area (Å²) in [4.78, 5) is 0. The lowest BCUT2D eigenvalue weighted by Gasteiger charge is -2.42. The summed E-state index contributed by atoms with van der Waals surface area (Å²) in [7, 11) is 5.72. The number of halogens is 1. The molecular weight excluding hydrogens is 262 g/mol. The molecule has 1 atom stereocenters. The van der Waals surface area contributed by atoms with Gasteiger partial charge >= 0.3 is 0 Å². The van der Waals surface area contributed by atoms with Crippen molar-refractivity contribution >= 4 is 11.6 Å². The summed E-state index contributed by atoms with van der Waals surface area (Å²) >= 11 is 6.31. The molecule has 5 heteroatoms. The summed E-state index contributed by atoms with van der Waals surface area (Å²) in [6.07, 6.45) is 5.55. The number of nitrogens with zero attached hydrogens (tertiary/aromatic N) is 2. The van der Waals surface area contributed by atoms with Gasteiger partial charge in [-0.3, -0.25) is 4.68 Å². The van der Waals surface area contributed by atoms with Gasteiger partial charge in [-0.15, -0.1) is 0 Å². The van der Waals surface area contributed by atoms with Crippen LogP contribution in [0.1, 0.15) is 36.9 Å². The Morgan fingerprint density at radius 1 is 1.53 bits per heavy atom. The number of methoxy groups -OCH3 is 1. The molecular formula is C14H24ClN3O. The lowest BCUT2D eigenvalue weighted by molar-refractivity contribution is -0.0830. The van der Waals surface area contributed by atoms with E-state index in [1.165, 1.54) is 19.3 Å². The highest BCUT2D eigenvalue weighted by Crippen LogP contribution is 2.39. The number of nitrogens with one attached hydrogen (secondary N) is 1. The molecule has 0 aliphatic heterocycles. The van der Waals surface area contributed by atoms with E-state index in [1.807, 2.05) is 28.1 Å². The minimum absolute atomic E-state index is 0.0796. The molecule has 1 aromatic heterocycles. The highest BCUT2D eigenvalue weighted by molar-refractivity contribution is 6.30. The summed E-state index contributed by atoms with van der Waals surface area (Å²) in [6.45, 7) is 2.02. The number of rotatable bonds is 6. The van der Waals surface area contributed by atoms with Crippen LogP contribution in [0.2, 0.25) is 5.15 Å². The van der Waals surface area contributed by atoms with Crippen molar-refractivity contribution in [1.29, 1.82) is 0 Å². The van der Waals surface area contributed by atoms with E-state index in [4.69, 9.17) is 16.3 Å². The van der Waals surface area contributed by atoms with Gasteiger partial charge in [0.05, 0.1) is 11.3 Å². The summed E-state index contributed by atoms with van der Waals surface area (Å²) in [5, 5.41) is 8.52. The Kier molecular flexibility index (Phi) is 4.54. The van der Waals surface area contributed by atoms with Crippen LogP contribution >= 0.6 is 11.6 Å². The molecule has 2 rings (SSSR count). The van der Waals surface area contributed by atoms with Gasteiger partial charge in [0, 0.05) is 25.8 Å². The molecule has 1 fully saturated rings. The average Bonchev–Trinajstić information content (AvgIpc) is 2.58.